The largest absolute Gasteiger partial charge is 0.465 e. The molecule has 0 amide bonds. The highest BCUT2D eigenvalue weighted by Crippen LogP contribution is 2.31. The van der Waals surface area contributed by atoms with Crippen molar-refractivity contribution in [1.82, 2.24) is 5.32 Å². The van der Waals surface area contributed by atoms with E-state index in [-0.39, 0.29) is 6.61 Å². The topological polar surface area (TPSA) is 38.3 Å². The molecular weight excluding hydrogens is 283 g/mol. The van der Waals surface area contributed by atoms with Crippen LogP contribution in [0.2, 0.25) is 0 Å². The summed E-state index contributed by atoms with van der Waals surface area (Å²) in [6.07, 6.45) is -2.13. The maximum absolute atomic E-state index is 12.6. The molecule has 0 bridgehead atoms. The van der Waals surface area contributed by atoms with Crippen LogP contribution >= 0.6 is 0 Å². The van der Waals surface area contributed by atoms with Gasteiger partial charge in [-0.2, -0.15) is 13.2 Å². The molecule has 1 N–H and O–H groups in total. The number of nitrogens with one attached hydrogen (secondary N) is 1. The average Bonchev–Trinajstić information content (AvgIpc) is 3.23. The minimum atomic E-state index is -4.38. The third-order valence-electron chi connectivity index (χ3n) is 3.40. The van der Waals surface area contributed by atoms with Crippen molar-refractivity contribution in [2.45, 2.75) is 32.0 Å². The number of benzene rings is 1. The first-order valence-corrected chi connectivity index (χ1v) is 6.99. The summed E-state index contributed by atoms with van der Waals surface area (Å²) in [5.41, 5.74) is -0.238. The number of carbonyl (C=O) groups is 1. The standard InChI is InChI=1S/C15H18F3NO2/c1-2-21-14(20)13(19-9-10-3-4-10)11-5-7-12(8-6-11)15(16,17)18/h5-8,10,13,19H,2-4,9H2,1H3. The first-order valence-electron chi connectivity index (χ1n) is 6.99. The van der Waals surface area contributed by atoms with Gasteiger partial charge in [-0.1, -0.05) is 12.1 Å². The van der Waals surface area contributed by atoms with Crippen LogP contribution in [0.3, 0.4) is 0 Å². The van der Waals surface area contributed by atoms with Crippen molar-refractivity contribution < 1.29 is 22.7 Å². The van der Waals surface area contributed by atoms with Gasteiger partial charge >= 0.3 is 12.1 Å². The minimum absolute atomic E-state index is 0.237. The van der Waals surface area contributed by atoms with Gasteiger partial charge in [-0.15, -0.1) is 0 Å². The van der Waals surface area contributed by atoms with Crippen LogP contribution in [0.25, 0.3) is 0 Å². The van der Waals surface area contributed by atoms with Crippen molar-refractivity contribution in [3.63, 3.8) is 0 Å². The molecule has 116 valence electrons. The van der Waals surface area contributed by atoms with Crippen LogP contribution in [-0.2, 0) is 15.7 Å². The lowest BCUT2D eigenvalue weighted by Gasteiger charge is -2.18. The second kappa shape index (κ2) is 6.47. The second-order valence-electron chi connectivity index (χ2n) is 5.16. The van der Waals surface area contributed by atoms with Gasteiger partial charge in [0, 0.05) is 0 Å². The Morgan fingerprint density at radius 3 is 2.43 bits per heavy atom. The van der Waals surface area contributed by atoms with E-state index in [0.717, 1.165) is 25.0 Å². The van der Waals surface area contributed by atoms with E-state index in [4.69, 9.17) is 4.74 Å². The zero-order chi connectivity index (χ0) is 15.5. The molecule has 1 aromatic carbocycles. The van der Waals surface area contributed by atoms with Crippen molar-refractivity contribution in [3.8, 4) is 0 Å². The van der Waals surface area contributed by atoms with Crippen LogP contribution in [0.4, 0.5) is 13.2 Å². The van der Waals surface area contributed by atoms with Gasteiger partial charge in [-0.25, -0.2) is 4.79 Å². The summed E-state index contributed by atoms with van der Waals surface area (Å²) in [7, 11) is 0. The quantitative estimate of drug-likeness (QED) is 0.819. The predicted molar refractivity (Wildman–Crippen MR) is 71.5 cm³/mol. The van der Waals surface area contributed by atoms with E-state index in [1.54, 1.807) is 6.92 Å². The molecule has 6 heteroatoms. The van der Waals surface area contributed by atoms with E-state index >= 15 is 0 Å². The maximum Gasteiger partial charge on any atom is 0.416 e. The smallest absolute Gasteiger partial charge is 0.416 e. The van der Waals surface area contributed by atoms with Gasteiger partial charge in [0.15, 0.2) is 0 Å². The maximum atomic E-state index is 12.6. The summed E-state index contributed by atoms with van der Waals surface area (Å²) in [5.74, 6) is 0.0919. The third kappa shape index (κ3) is 4.46. The number of halogens is 3. The van der Waals surface area contributed by atoms with Crippen LogP contribution in [0, 0.1) is 5.92 Å². The van der Waals surface area contributed by atoms with Crippen LogP contribution in [0.1, 0.15) is 36.9 Å². The molecule has 0 spiro atoms. The number of alkyl halides is 3. The number of hydrogen-bond donors (Lipinski definition) is 1. The highest BCUT2D eigenvalue weighted by atomic mass is 19.4. The van der Waals surface area contributed by atoms with E-state index in [1.807, 2.05) is 0 Å². The normalized spacial score (nSPS) is 16.6. The molecule has 0 radical (unpaired) electrons. The fourth-order valence-corrected chi connectivity index (χ4v) is 2.03. The molecule has 0 aliphatic heterocycles. The van der Waals surface area contributed by atoms with Gasteiger partial charge in [0.2, 0.25) is 0 Å². The van der Waals surface area contributed by atoms with E-state index in [9.17, 15) is 18.0 Å². The molecular formula is C15H18F3NO2. The predicted octanol–water partition coefficient (Wildman–Crippen LogP) is 3.31. The van der Waals surface area contributed by atoms with Gasteiger partial charge in [0.05, 0.1) is 12.2 Å². The average molecular weight is 301 g/mol. The molecule has 1 unspecified atom stereocenters. The molecule has 1 aliphatic rings. The molecule has 0 heterocycles. The van der Waals surface area contributed by atoms with Crippen molar-refractivity contribution in [1.29, 1.82) is 0 Å². The van der Waals surface area contributed by atoms with Gasteiger partial charge in [0.25, 0.3) is 0 Å². The lowest BCUT2D eigenvalue weighted by atomic mass is 10.0. The molecule has 1 atom stereocenters. The SMILES string of the molecule is CCOC(=O)C(NCC1CC1)c1ccc(C(F)(F)F)cc1. The second-order valence-corrected chi connectivity index (χ2v) is 5.16. The van der Waals surface area contributed by atoms with E-state index in [2.05, 4.69) is 5.32 Å². The first-order chi connectivity index (χ1) is 9.91. The zero-order valence-corrected chi connectivity index (χ0v) is 11.7. The summed E-state index contributed by atoms with van der Waals surface area (Å²) in [6.45, 7) is 2.61. The monoisotopic (exact) mass is 301 g/mol. The van der Waals surface area contributed by atoms with Crippen molar-refractivity contribution in [3.05, 3.63) is 35.4 Å². The summed E-state index contributed by atoms with van der Waals surface area (Å²) < 4.78 is 42.6. The molecule has 21 heavy (non-hydrogen) atoms. The van der Waals surface area contributed by atoms with E-state index < -0.39 is 23.8 Å². The van der Waals surface area contributed by atoms with E-state index in [0.29, 0.717) is 18.0 Å². The van der Waals surface area contributed by atoms with Gasteiger partial charge in [-0.05, 0) is 49.9 Å². The first kappa shape index (κ1) is 15.8. The highest BCUT2D eigenvalue weighted by molar-refractivity contribution is 5.77. The molecule has 0 saturated heterocycles. The number of rotatable bonds is 6. The molecule has 1 fully saturated rings. The Hall–Kier alpha value is -1.56. The number of esters is 1. The molecule has 3 nitrogen and oxygen atoms in total. The summed E-state index contributed by atoms with van der Waals surface area (Å²) in [6, 6.07) is 3.91. The lowest BCUT2D eigenvalue weighted by molar-refractivity contribution is -0.145. The van der Waals surface area contributed by atoms with Gasteiger partial charge in [0.1, 0.15) is 6.04 Å². The summed E-state index contributed by atoms with van der Waals surface area (Å²) >= 11 is 0. The Morgan fingerprint density at radius 1 is 1.33 bits per heavy atom. The fraction of sp³-hybridized carbons (Fsp3) is 0.533. The molecule has 1 aliphatic carbocycles. The number of carbonyl (C=O) groups excluding carboxylic acids is 1. The third-order valence-corrected chi connectivity index (χ3v) is 3.40. The zero-order valence-electron chi connectivity index (χ0n) is 11.7. The Bertz CT molecular complexity index is 481. The Kier molecular flexibility index (Phi) is 4.88. The van der Waals surface area contributed by atoms with E-state index in [1.165, 1.54) is 12.1 Å². The minimum Gasteiger partial charge on any atom is -0.465 e. The van der Waals surface area contributed by atoms with Crippen molar-refractivity contribution in [2.75, 3.05) is 13.2 Å². The lowest BCUT2D eigenvalue weighted by Crippen LogP contribution is -2.31. The highest BCUT2D eigenvalue weighted by Gasteiger charge is 2.31. The molecule has 1 aromatic rings. The van der Waals surface area contributed by atoms with Crippen LogP contribution in [0.15, 0.2) is 24.3 Å². The Morgan fingerprint density at radius 2 is 1.95 bits per heavy atom. The van der Waals surface area contributed by atoms with Gasteiger partial charge in [-0.3, -0.25) is 0 Å². The van der Waals surface area contributed by atoms with Crippen molar-refractivity contribution in [2.24, 2.45) is 5.92 Å². The molecule has 0 aromatic heterocycles. The van der Waals surface area contributed by atoms with Crippen LogP contribution in [-0.4, -0.2) is 19.1 Å². The van der Waals surface area contributed by atoms with Crippen molar-refractivity contribution >= 4 is 5.97 Å². The Labute approximate surface area is 121 Å². The van der Waals surface area contributed by atoms with Crippen LogP contribution < -0.4 is 5.32 Å². The van der Waals surface area contributed by atoms with Gasteiger partial charge < -0.3 is 10.1 Å². The number of hydrogen-bond acceptors (Lipinski definition) is 3. The molecule has 1 saturated carbocycles. The Balaban J connectivity index is 2.12. The molecule has 2 rings (SSSR count). The summed E-state index contributed by atoms with van der Waals surface area (Å²) in [5, 5.41) is 3.08. The summed E-state index contributed by atoms with van der Waals surface area (Å²) in [4.78, 5) is 12.0. The fourth-order valence-electron chi connectivity index (χ4n) is 2.03. The number of ether oxygens (including phenoxy) is 1. The van der Waals surface area contributed by atoms with Crippen LogP contribution in [0.5, 0.6) is 0 Å².